The zero-order chi connectivity index (χ0) is 15.4. The molecule has 2 unspecified atom stereocenters. The topological polar surface area (TPSA) is 184 Å². The van der Waals surface area contributed by atoms with E-state index in [4.69, 9.17) is 31.9 Å². The zero-order valence-electron chi connectivity index (χ0n) is 10.8. The summed E-state index contributed by atoms with van der Waals surface area (Å²) in [6.45, 7) is 0.604. The van der Waals surface area contributed by atoms with Gasteiger partial charge in [0.2, 0.25) is 0 Å². The predicted molar refractivity (Wildman–Crippen MR) is 71.7 cm³/mol. The molecule has 0 aromatic heterocycles. The van der Waals surface area contributed by atoms with E-state index in [0.717, 1.165) is 12.8 Å². The molecule has 0 rings (SSSR count). The van der Waals surface area contributed by atoms with Crippen LogP contribution in [0.5, 0.6) is 0 Å². The molecule has 0 aromatic carbocycles. The Bertz CT molecular complexity index is 301. The molecule has 0 aliphatic carbocycles. The van der Waals surface area contributed by atoms with Crippen LogP contribution in [0.1, 0.15) is 25.7 Å². The molecule has 0 fully saturated rings. The molecular formula is C10H21ClN2O7. The predicted octanol–water partition coefficient (Wildman–Crippen LogP) is -1.14. The number of rotatable bonds is 8. The van der Waals surface area contributed by atoms with Crippen LogP contribution in [0.4, 0.5) is 0 Å². The summed E-state index contributed by atoms with van der Waals surface area (Å²) < 4.78 is 0. The molecule has 20 heavy (non-hydrogen) atoms. The number of carbonyl (C=O) groups is 3. The average Bonchev–Trinajstić information content (AvgIpc) is 2.28. The number of hydrogen-bond donors (Lipinski definition) is 6. The van der Waals surface area contributed by atoms with E-state index in [0.29, 0.717) is 13.0 Å². The smallest absolute Gasteiger partial charge is 0.333 e. The minimum Gasteiger partial charge on any atom is -0.481 e. The van der Waals surface area contributed by atoms with Crippen LogP contribution in [0.25, 0.3) is 0 Å². The lowest BCUT2D eigenvalue weighted by molar-refractivity contribution is -0.152. The fourth-order valence-electron chi connectivity index (χ4n) is 0.885. The third kappa shape index (κ3) is 16.6. The van der Waals surface area contributed by atoms with Gasteiger partial charge in [-0.2, -0.15) is 0 Å². The molecule has 0 aliphatic heterocycles. The van der Waals surface area contributed by atoms with E-state index in [1.807, 2.05) is 0 Å². The van der Waals surface area contributed by atoms with Crippen LogP contribution in [0.2, 0.25) is 0 Å². The summed E-state index contributed by atoms with van der Waals surface area (Å²) in [5.74, 6) is -3.78. The minimum absolute atomic E-state index is 0. The van der Waals surface area contributed by atoms with Crippen LogP contribution in [0.15, 0.2) is 0 Å². The molecule has 0 spiro atoms. The highest BCUT2D eigenvalue weighted by molar-refractivity contribution is 5.85. The number of aliphatic hydroxyl groups is 1. The highest BCUT2D eigenvalue weighted by Gasteiger charge is 2.16. The van der Waals surface area contributed by atoms with Crippen LogP contribution in [-0.2, 0) is 14.4 Å². The van der Waals surface area contributed by atoms with Crippen molar-refractivity contribution in [1.82, 2.24) is 0 Å². The maximum Gasteiger partial charge on any atom is 0.333 e. The van der Waals surface area contributed by atoms with Gasteiger partial charge in [0, 0.05) is 0 Å². The Balaban J connectivity index is -0.000000277. The summed E-state index contributed by atoms with van der Waals surface area (Å²) in [6, 6.07) is -0.716. The zero-order valence-corrected chi connectivity index (χ0v) is 11.6. The van der Waals surface area contributed by atoms with E-state index in [1.54, 1.807) is 0 Å². The number of aliphatic hydroxyl groups excluding tert-OH is 1. The largest absolute Gasteiger partial charge is 0.481 e. The molecule has 8 N–H and O–H groups in total. The molecule has 0 bridgehead atoms. The van der Waals surface area contributed by atoms with Crippen molar-refractivity contribution in [2.75, 3.05) is 6.54 Å². The summed E-state index contributed by atoms with van der Waals surface area (Å²) in [4.78, 5) is 29.5. The summed E-state index contributed by atoms with van der Waals surface area (Å²) in [5.41, 5.74) is 10.4. The Kier molecular flexibility index (Phi) is 16.6. The van der Waals surface area contributed by atoms with Gasteiger partial charge in [-0.25, -0.2) is 4.79 Å². The van der Waals surface area contributed by atoms with E-state index < -0.39 is 36.5 Å². The number of carboxylic acids is 3. The Labute approximate surface area is 122 Å². The van der Waals surface area contributed by atoms with Crippen LogP contribution >= 0.6 is 12.4 Å². The minimum atomic E-state index is -1.79. The normalized spacial score (nSPS) is 12.2. The first-order valence-corrected chi connectivity index (χ1v) is 5.53. The molecule has 0 saturated carbocycles. The Hall–Kier alpha value is -1.42. The first-order valence-electron chi connectivity index (χ1n) is 5.53. The van der Waals surface area contributed by atoms with Crippen molar-refractivity contribution in [3.05, 3.63) is 0 Å². The lowest BCUT2D eigenvalue weighted by Gasteiger charge is -2.03. The van der Waals surface area contributed by atoms with Gasteiger partial charge in [-0.05, 0) is 19.4 Å². The lowest BCUT2D eigenvalue weighted by atomic mass is 10.1. The van der Waals surface area contributed by atoms with Crippen LogP contribution in [-0.4, -0.2) is 57.0 Å². The van der Waals surface area contributed by atoms with Crippen LogP contribution in [0, 0.1) is 0 Å². The van der Waals surface area contributed by atoms with Gasteiger partial charge in [0.05, 0.1) is 6.42 Å². The first kappa shape index (κ1) is 23.7. The van der Waals surface area contributed by atoms with Gasteiger partial charge < -0.3 is 31.9 Å². The van der Waals surface area contributed by atoms with Crippen molar-refractivity contribution in [2.24, 2.45) is 11.5 Å². The molecule has 0 heterocycles. The first-order chi connectivity index (χ1) is 8.72. The van der Waals surface area contributed by atoms with Gasteiger partial charge in [-0.15, -0.1) is 12.4 Å². The van der Waals surface area contributed by atoms with Gasteiger partial charge in [0.25, 0.3) is 0 Å². The van der Waals surface area contributed by atoms with Crippen molar-refractivity contribution in [3.63, 3.8) is 0 Å². The van der Waals surface area contributed by atoms with E-state index in [2.05, 4.69) is 0 Å². The molecule has 0 saturated heterocycles. The molecule has 0 amide bonds. The highest BCUT2D eigenvalue weighted by Crippen LogP contribution is 1.97. The van der Waals surface area contributed by atoms with Crippen molar-refractivity contribution in [3.8, 4) is 0 Å². The summed E-state index contributed by atoms with van der Waals surface area (Å²) in [7, 11) is 0. The monoisotopic (exact) mass is 316 g/mol. The molecule has 0 aromatic rings. The number of nitrogens with two attached hydrogens (primary N) is 2. The van der Waals surface area contributed by atoms with Crippen molar-refractivity contribution >= 4 is 30.3 Å². The van der Waals surface area contributed by atoms with Gasteiger partial charge in [0.1, 0.15) is 6.04 Å². The fourth-order valence-corrected chi connectivity index (χ4v) is 0.885. The lowest BCUT2D eigenvalue weighted by Crippen LogP contribution is -2.29. The maximum absolute atomic E-state index is 10.1. The number of hydrogen-bond acceptors (Lipinski definition) is 6. The SMILES string of the molecule is Cl.NCCCCC(N)C(=O)O.O=C(O)CC(O)C(=O)O. The standard InChI is InChI=1S/C6H14N2O2.C4H6O5.ClH/c7-4-2-1-3-5(8)6(9)10;5-2(4(8)9)1-3(6)7;/h5H,1-4,7-8H2,(H,9,10);2,5H,1H2,(H,6,7)(H,8,9);1H. The third-order valence-corrected chi connectivity index (χ3v) is 1.94. The van der Waals surface area contributed by atoms with Crippen molar-refractivity contribution in [1.29, 1.82) is 0 Å². The number of unbranched alkanes of at least 4 members (excludes halogenated alkanes) is 1. The van der Waals surface area contributed by atoms with Gasteiger partial charge in [-0.3, -0.25) is 9.59 Å². The van der Waals surface area contributed by atoms with Crippen LogP contribution in [0.3, 0.4) is 0 Å². The molecule has 10 heteroatoms. The van der Waals surface area contributed by atoms with E-state index in [9.17, 15) is 14.4 Å². The molecule has 120 valence electrons. The summed E-state index contributed by atoms with van der Waals surface area (Å²) in [5, 5.41) is 32.5. The summed E-state index contributed by atoms with van der Waals surface area (Å²) >= 11 is 0. The summed E-state index contributed by atoms with van der Waals surface area (Å²) in [6.07, 6.45) is -0.380. The van der Waals surface area contributed by atoms with E-state index >= 15 is 0 Å². The second-order valence-electron chi connectivity index (χ2n) is 3.68. The van der Waals surface area contributed by atoms with Crippen LogP contribution < -0.4 is 11.5 Å². The number of aliphatic carboxylic acids is 3. The molecular weight excluding hydrogens is 296 g/mol. The van der Waals surface area contributed by atoms with Gasteiger partial charge in [0.15, 0.2) is 6.10 Å². The van der Waals surface area contributed by atoms with Gasteiger partial charge >= 0.3 is 17.9 Å². The fraction of sp³-hybridized carbons (Fsp3) is 0.700. The molecule has 2 atom stereocenters. The quantitative estimate of drug-likeness (QED) is 0.301. The second-order valence-corrected chi connectivity index (χ2v) is 3.68. The maximum atomic E-state index is 10.1. The molecule has 0 aliphatic rings. The number of carboxylic acid groups (broad SMARTS) is 3. The Morgan fingerprint density at radius 2 is 1.50 bits per heavy atom. The molecule has 0 radical (unpaired) electrons. The highest BCUT2D eigenvalue weighted by atomic mass is 35.5. The Morgan fingerprint density at radius 3 is 1.75 bits per heavy atom. The molecule has 9 nitrogen and oxygen atoms in total. The van der Waals surface area contributed by atoms with E-state index in [-0.39, 0.29) is 12.4 Å². The Morgan fingerprint density at radius 1 is 1.00 bits per heavy atom. The number of halogens is 1. The van der Waals surface area contributed by atoms with Gasteiger partial charge in [-0.1, -0.05) is 6.42 Å². The van der Waals surface area contributed by atoms with Crippen molar-refractivity contribution in [2.45, 2.75) is 37.8 Å². The van der Waals surface area contributed by atoms with E-state index in [1.165, 1.54) is 0 Å². The average molecular weight is 317 g/mol. The van der Waals surface area contributed by atoms with Crippen molar-refractivity contribution < 1.29 is 34.8 Å². The second kappa shape index (κ2) is 14.0. The third-order valence-electron chi connectivity index (χ3n) is 1.94.